The van der Waals surface area contributed by atoms with Gasteiger partial charge in [0.2, 0.25) is 15.9 Å². The molecule has 0 radical (unpaired) electrons. The lowest BCUT2D eigenvalue weighted by Crippen LogP contribution is -2.41. The van der Waals surface area contributed by atoms with Gasteiger partial charge >= 0.3 is 0 Å². The van der Waals surface area contributed by atoms with Crippen molar-refractivity contribution in [1.29, 1.82) is 0 Å². The van der Waals surface area contributed by atoms with Gasteiger partial charge in [-0.25, -0.2) is 8.42 Å². The zero-order valence-electron chi connectivity index (χ0n) is 14.4. The number of halogens is 1. The molecule has 140 valence electrons. The van der Waals surface area contributed by atoms with Gasteiger partial charge in [0.15, 0.2) is 0 Å². The summed E-state index contributed by atoms with van der Waals surface area (Å²) < 4.78 is 26.0. The summed E-state index contributed by atoms with van der Waals surface area (Å²) in [4.78, 5) is 12.2. The average molecular weight is 449 g/mol. The first-order valence-corrected chi connectivity index (χ1v) is 12.2. The van der Waals surface area contributed by atoms with Crippen molar-refractivity contribution in [2.45, 2.75) is 37.4 Å². The summed E-state index contributed by atoms with van der Waals surface area (Å²) >= 11 is 5.24. The largest absolute Gasteiger partial charge is 0.354 e. The van der Waals surface area contributed by atoms with Crippen LogP contribution in [0.25, 0.3) is 0 Å². The molecule has 8 heteroatoms. The lowest BCUT2D eigenvalue weighted by Gasteiger charge is -2.23. The molecule has 25 heavy (non-hydrogen) atoms. The van der Waals surface area contributed by atoms with Crippen LogP contribution in [0.15, 0.2) is 28.7 Å². The topological polar surface area (TPSA) is 66.5 Å². The summed E-state index contributed by atoms with van der Waals surface area (Å²) in [6, 6.07) is 6.92. The quantitative estimate of drug-likeness (QED) is 0.618. The predicted octanol–water partition coefficient (Wildman–Crippen LogP) is 3.40. The van der Waals surface area contributed by atoms with Crippen LogP contribution in [0.5, 0.6) is 0 Å². The Morgan fingerprint density at radius 1 is 1.32 bits per heavy atom. The van der Waals surface area contributed by atoms with Gasteiger partial charge in [0, 0.05) is 22.0 Å². The number of benzene rings is 1. The highest BCUT2D eigenvalue weighted by Crippen LogP contribution is 2.27. The Morgan fingerprint density at radius 3 is 2.68 bits per heavy atom. The number of nitrogens with zero attached hydrogens (tertiary/aromatic N) is 1. The molecule has 1 fully saturated rings. The van der Waals surface area contributed by atoms with Crippen LogP contribution in [-0.2, 0) is 14.8 Å². The van der Waals surface area contributed by atoms with E-state index in [1.807, 2.05) is 17.8 Å². The summed E-state index contributed by atoms with van der Waals surface area (Å²) in [5.41, 5.74) is 0.476. The zero-order chi connectivity index (χ0) is 18.3. The van der Waals surface area contributed by atoms with Gasteiger partial charge in [-0.05, 0) is 31.0 Å². The molecule has 0 aromatic heterocycles. The van der Waals surface area contributed by atoms with E-state index < -0.39 is 10.0 Å². The van der Waals surface area contributed by atoms with Gasteiger partial charge < -0.3 is 5.32 Å². The number of rotatable bonds is 8. The molecule has 0 heterocycles. The molecule has 2 rings (SSSR count). The molecule has 0 bridgehead atoms. The average Bonchev–Trinajstić information content (AvgIpc) is 2.56. The van der Waals surface area contributed by atoms with E-state index in [1.165, 1.54) is 32.1 Å². The van der Waals surface area contributed by atoms with Crippen molar-refractivity contribution in [1.82, 2.24) is 5.32 Å². The Labute approximate surface area is 163 Å². The van der Waals surface area contributed by atoms with Gasteiger partial charge in [-0.15, -0.1) is 0 Å². The molecule has 0 aliphatic heterocycles. The van der Waals surface area contributed by atoms with Crippen molar-refractivity contribution in [3.05, 3.63) is 28.7 Å². The Kier molecular flexibility index (Phi) is 8.09. The van der Waals surface area contributed by atoms with Gasteiger partial charge in [-0.3, -0.25) is 9.10 Å². The minimum Gasteiger partial charge on any atom is -0.354 e. The van der Waals surface area contributed by atoms with Gasteiger partial charge in [-0.1, -0.05) is 41.3 Å². The molecule has 0 unspecified atom stereocenters. The van der Waals surface area contributed by atoms with Crippen LogP contribution in [0.1, 0.15) is 32.1 Å². The molecule has 1 N–H and O–H groups in total. The third-order valence-corrected chi connectivity index (χ3v) is 7.13. The van der Waals surface area contributed by atoms with Crippen LogP contribution in [-0.4, -0.2) is 44.7 Å². The van der Waals surface area contributed by atoms with Crippen LogP contribution in [0, 0.1) is 0 Å². The molecule has 1 aromatic carbocycles. The van der Waals surface area contributed by atoms with Crippen LogP contribution in [0.3, 0.4) is 0 Å². The lowest BCUT2D eigenvalue weighted by molar-refractivity contribution is -0.119. The standard InChI is InChI=1S/C17H25BrN2O3S2/c1-25(22,23)20(15-7-5-6-14(18)12-15)13-17(21)19-10-11-24-16-8-3-2-4-9-16/h5-7,12,16H,2-4,8-11,13H2,1H3,(H,19,21). The summed E-state index contributed by atoms with van der Waals surface area (Å²) in [5, 5.41) is 3.54. The van der Waals surface area contributed by atoms with E-state index in [4.69, 9.17) is 0 Å². The number of amides is 1. The summed E-state index contributed by atoms with van der Waals surface area (Å²) in [6.45, 7) is 0.361. The minimum absolute atomic E-state index is 0.205. The fourth-order valence-electron chi connectivity index (χ4n) is 2.87. The summed E-state index contributed by atoms with van der Waals surface area (Å²) in [7, 11) is -3.53. The maximum atomic E-state index is 12.2. The van der Waals surface area contributed by atoms with Crippen molar-refractivity contribution in [2.75, 3.05) is 29.4 Å². The molecule has 1 aliphatic rings. The van der Waals surface area contributed by atoms with Crippen molar-refractivity contribution >= 4 is 49.3 Å². The van der Waals surface area contributed by atoms with E-state index in [-0.39, 0.29) is 12.5 Å². The third-order valence-electron chi connectivity index (χ3n) is 4.11. The van der Waals surface area contributed by atoms with Gasteiger partial charge in [-0.2, -0.15) is 11.8 Å². The highest BCUT2D eigenvalue weighted by molar-refractivity contribution is 9.10. The van der Waals surface area contributed by atoms with E-state index >= 15 is 0 Å². The first-order valence-electron chi connectivity index (χ1n) is 8.48. The maximum Gasteiger partial charge on any atom is 0.240 e. The number of anilines is 1. The Morgan fingerprint density at radius 2 is 2.04 bits per heavy atom. The Bertz CT molecular complexity index is 676. The summed E-state index contributed by atoms with van der Waals surface area (Å²) in [5.74, 6) is 0.584. The molecule has 1 aromatic rings. The Balaban J connectivity index is 1.83. The Hall–Kier alpha value is -0.730. The molecule has 0 spiro atoms. The van der Waals surface area contributed by atoms with Crippen LogP contribution >= 0.6 is 27.7 Å². The van der Waals surface area contributed by atoms with Crippen LogP contribution < -0.4 is 9.62 Å². The number of carbonyl (C=O) groups is 1. The van der Waals surface area contributed by atoms with Crippen molar-refractivity contribution in [3.8, 4) is 0 Å². The predicted molar refractivity (Wildman–Crippen MR) is 109 cm³/mol. The lowest BCUT2D eigenvalue weighted by atomic mass is 10.0. The molecule has 0 saturated heterocycles. The van der Waals surface area contributed by atoms with E-state index in [1.54, 1.807) is 18.2 Å². The van der Waals surface area contributed by atoms with Crippen molar-refractivity contribution < 1.29 is 13.2 Å². The number of nitrogens with one attached hydrogen (secondary N) is 1. The number of thioether (sulfide) groups is 1. The molecular formula is C17H25BrN2O3S2. The highest BCUT2D eigenvalue weighted by Gasteiger charge is 2.21. The monoisotopic (exact) mass is 448 g/mol. The number of hydrogen-bond donors (Lipinski definition) is 1. The molecule has 1 aliphatic carbocycles. The number of hydrogen-bond acceptors (Lipinski definition) is 4. The van der Waals surface area contributed by atoms with Crippen LogP contribution in [0.2, 0.25) is 0 Å². The highest BCUT2D eigenvalue weighted by atomic mass is 79.9. The smallest absolute Gasteiger partial charge is 0.240 e. The first-order chi connectivity index (χ1) is 11.9. The van der Waals surface area contributed by atoms with E-state index in [2.05, 4.69) is 21.2 Å². The second kappa shape index (κ2) is 9.83. The SMILES string of the molecule is CS(=O)(=O)N(CC(=O)NCCSC1CCCCC1)c1cccc(Br)c1. The van der Waals surface area contributed by atoms with Gasteiger partial charge in [0.1, 0.15) is 6.54 Å². The second-order valence-corrected chi connectivity index (χ2v) is 10.5. The molecule has 1 saturated carbocycles. The van der Waals surface area contributed by atoms with Gasteiger partial charge in [0.25, 0.3) is 0 Å². The minimum atomic E-state index is -3.53. The van der Waals surface area contributed by atoms with E-state index in [0.717, 1.165) is 20.8 Å². The normalized spacial score (nSPS) is 15.8. The van der Waals surface area contributed by atoms with Crippen molar-refractivity contribution in [3.63, 3.8) is 0 Å². The molecule has 0 atom stereocenters. The second-order valence-electron chi connectivity index (χ2n) is 6.23. The fraction of sp³-hybridized carbons (Fsp3) is 0.588. The fourth-order valence-corrected chi connectivity index (χ4v) is 5.32. The molecule has 1 amide bonds. The molecular weight excluding hydrogens is 424 g/mol. The van der Waals surface area contributed by atoms with Crippen molar-refractivity contribution in [2.24, 2.45) is 0 Å². The maximum absolute atomic E-state index is 12.2. The third kappa shape index (κ3) is 7.19. The number of sulfonamides is 1. The first kappa shape index (κ1) is 20.6. The van der Waals surface area contributed by atoms with E-state index in [9.17, 15) is 13.2 Å². The zero-order valence-corrected chi connectivity index (χ0v) is 17.6. The molecule has 5 nitrogen and oxygen atoms in total. The number of carbonyl (C=O) groups excluding carboxylic acids is 1. The van der Waals surface area contributed by atoms with Crippen LogP contribution in [0.4, 0.5) is 5.69 Å². The van der Waals surface area contributed by atoms with E-state index in [0.29, 0.717) is 17.5 Å². The summed E-state index contributed by atoms with van der Waals surface area (Å²) in [6.07, 6.45) is 7.59. The van der Waals surface area contributed by atoms with Gasteiger partial charge in [0.05, 0.1) is 11.9 Å².